The fraction of sp³-hybridized carbons (Fsp3) is 0.650. The third-order valence-electron chi connectivity index (χ3n) is 4.85. The normalized spacial score (nSPS) is 19.7. The van der Waals surface area contributed by atoms with Crippen molar-refractivity contribution in [3.05, 3.63) is 17.7 Å². The van der Waals surface area contributed by atoms with Crippen LogP contribution in [0.1, 0.15) is 31.7 Å². The Hall–Kier alpha value is -1.76. The van der Waals surface area contributed by atoms with Crippen molar-refractivity contribution in [1.82, 2.24) is 10.6 Å². The van der Waals surface area contributed by atoms with Crippen LogP contribution in [0.25, 0.3) is 0 Å². The van der Waals surface area contributed by atoms with E-state index in [2.05, 4.69) is 23.8 Å². The molecule has 0 aromatic heterocycles. The van der Waals surface area contributed by atoms with E-state index in [1.54, 1.807) is 21.3 Å². The minimum atomic E-state index is 0.505. The van der Waals surface area contributed by atoms with Crippen LogP contribution in [0.4, 0.5) is 0 Å². The molecular weight excluding hydrogens is 362 g/mol. The van der Waals surface area contributed by atoms with Gasteiger partial charge in [-0.2, -0.15) is 11.8 Å². The van der Waals surface area contributed by atoms with Crippen molar-refractivity contribution < 1.29 is 14.2 Å². The number of hydrogen-bond acceptors (Lipinski definition) is 5. The average Bonchev–Trinajstić information content (AvgIpc) is 3.15. The quantitative estimate of drug-likeness (QED) is 0.495. The second-order valence-corrected chi connectivity index (χ2v) is 7.67. The van der Waals surface area contributed by atoms with E-state index in [4.69, 9.17) is 19.2 Å². The van der Waals surface area contributed by atoms with Crippen LogP contribution in [-0.4, -0.2) is 57.9 Å². The van der Waals surface area contributed by atoms with E-state index in [1.165, 1.54) is 19.3 Å². The third kappa shape index (κ3) is 6.13. The van der Waals surface area contributed by atoms with Crippen LogP contribution in [0, 0.1) is 0 Å². The lowest BCUT2D eigenvalue weighted by molar-refractivity contribution is 0.369. The van der Waals surface area contributed by atoms with Crippen molar-refractivity contribution in [2.45, 2.75) is 43.9 Å². The number of guanidine groups is 1. The predicted octanol–water partition coefficient (Wildman–Crippen LogP) is 3.09. The molecule has 2 unspecified atom stereocenters. The number of thioether (sulfide) groups is 1. The lowest BCUT2D eigenvalue weighted by atomic mass is 10.1. The molecule has 1 aromatic carbocycles. The molecule has 27 heavy (non-hydrogen) atoms. The number of hydrogen-bond donors (Lipinski definition) is 2. The SMILES string of the molecule is CCNC(=NCCc1c(OC)cc(OC)cc1OC)NC1CCC(SC)C1. The minimum Gasteiger partial charge on any atom is -0.496 e. The van der Waals surface area contributed by atoms with Crippen molar-refractivity contribution in [1.29, 1.82) is 0 Å². The van der Waals surface area contributed by atoms with Gasteiger partial charge in [0.05, 0.1) is 21.3 Å². The Morgan fingerprint density at radius 2 is 1.85 bits per heavy atom. The average molecular weight is 396 g/mol. The molecule has 2 atom stereocenters. The fourth-order valence-corrected chi connectivity index (χ4v) is 4.20. The zero-order valence-electron chi connectivity index (χ0n) is 17.1. The highest BCUT2D eigenvalue weighted by Gasteiger charge is 2.24. The van der Waals surface area contributed by atoms with E-state index in [9.17, 15) is 0 Å². The molecule has 2 rings (SSSR count). The highest BCUT2D eigenvalue weighted by atomic mass is 32.2. The van der Waals surface area contributed by atoms with Crippen LogP contribution < -0.4 is 24.8 Å². The van der Waals surface area contributed by atoms with Gasteiger partial charge in [-0.05, 0) is 38.9 Å². The largest absolute Gasteiger partial charge is 0.496 e. The first kappa shape index (κ1) is 21.5. The van der Waals surface area contributed by atoms with Gasteiger partial charge in [0.25, 0.3) is 0 Å². The van der Waals surface area contributed by atoms with E-state index in [-0.39, 0.29) is 0 Å². The molecule has 6 nitrogen and oxygen atoms in total. The zero-order chi connectivity index (χ0) is 19.6. The first-order valence-electron chi connectivity index (χ1n) is 9.51. The molecule has 1 aliphatic rings. The summed E-state index contributed by atoms with van der Waals surface area (Å²) in [6, 6.07) is 4.27. The van der Waals surface area contributed by atoms with Crippen LogP contribution in [0.2, 0.25) is 0 Å². The molecular formula is C20H33N3O3S. The second-order valence-electron chi connectivity index (χ2n) is 6.53. The van der Waals surface area contributed by atoms with Crippen LogP contribution in [0.3, 0.4) is 0 Å². The first-order valence-corrected chi connectivity index (χ1v) is 10.8. The zero-order valence-corrected chi connectivity index (χ0v) is 17.9. The van der Waals surface area contributed by atoms with E-state index in [0.29, 0.717) is 12.6 Å². The van der Waals surface area contributed by atoms with Crippen LogP contribution in [0.15, 0.2) is 17.1 Å². The third-order valence-corrected chi connectivity index (χ3v) is 5.95. The topological polar surface area (TPSA) is 64.1 Å². The summed E-state index contributed by atoms with van der Waals surface area (Å²) < 4.78 is 16.4. The Balaban J connectivity index is 2.04. The Bertz CT molecular complexity index is 599. The molecule has 0 spiro atoms. The summed E-state index contributed by atoms with van der Waals surface area (Å²) in [6.45, 7) is 3.58. The molecule has 1 saturated carbocycles. The maximum atomic E-state index is 5.53. The van der Waals surface area contributed by atoms with Crippen molar-refractivity contribution in [2.75, 3.05) is 40.7 Å². The van der Waals surface area contributed by atoms with E-state index in [1.807, 2.05) is 23.9 Å². The molecule has 1 fully saturated rings. The summed E-state index contributed by atoms with van der Waals surface area (Å²) in [6.07, 6.45) is 6.60. The summed E-state index contributed by atoms with van der Waals surface area (Å²) >= 11 is 1.96. The molecule has 1 aliphatic carbocycles. The number of rotatable bonds is 9. The summed E-state index contributed by atoms with van der Waals surface area (Å²) in [7, 11) is 4.96. The van der Waals surface area contributed by atoms with Crippen LogP contribution >= 0.6 is 11.8 Å². The van der Waals surface area contributed by atoms with Crippen molar-refractivity contribution in [3.8, 4) is 17.2 Å². The lowest BCUT2D eigenvalue weighted by Gasteiger charge is -2.18. The van der Waals surface area contributed by atoms with E-state index in [0.717, 1.165) is 47.0 Å². The van der Waals surface area contributed by atoms with Gasteiger partial charge in [-0.3, -0.25) is 4.99 Å². The molecule has 7 heteroatoms. The summed E-state index contributed by atoms with van der Waals surface area (Å²) in [4.78, 5) is 4.76. The number of benzene rings is 1. The Morgan fingerprint density at radius 1 is 1.15 bits per heavy atom. The number of methoxy groups -OCH3 is 3. The van der Waals surface area contributed by atoms with Gasteiger partial charge in [0.15, 0.2) is 5.96 Å². The molecule has 0 amide bonds. The molecule has 0 aliphatic heterocycles. The lowest BCUT2D eigenvalue weighted by Crippen LogP contribution is -2.42. The van der Waals surface area contributed by atoms with Gasteiger partial charge >= 0.3 is 0 Å². The van der Waals surface area contributed by atoms with Crippen molar-refractivity contribution >= 4 is 17.7 Å². The van der Waals surface area contributed by atoms with Gasteiger partial charge in [0, 0.05) is 42.1 Å². The summed E-state index contributed by atoms with van der Waals surface area (Å²) in [5.41, 5.74) is 1.00. The van der Waals surface area contributed by atoms with Gasteiger partial charge in [0.1, 0.15) is 17.2 Å². The van der Waals surface area contributed by atoms with Gasteiger partial charge in [-0.1, -0.05) is 0 Å². The van der Waals surface area contributed by atoms with Gasteiger partial charge < -0.3 is 24.8 Å². The number of nitrogens with zero attached hydrogens (tertiary/aromatic N) is 1. The van der Waals surface area contributed by atoms with E-state index < -0.39 is 0 Å². The molecule has 1 aromatic rings. The highest BCUT2D eigenvalue weighted by Crippen LogP contribution is 2.34. The molecule has 0 bridgehead atoms. The van der Waals surface area contributed by atoms with Crippen LogP contribution in [-0.2, 0) is 6.42 Å². The smallest absolute Gasteiger partial charge is 0.191 e. The number of nitrogens with one attached hydrogen (secondary N) is 2. The second kappa shape index (κ2) is 11.2. The molecule has 2 N–H and O–H groups in total. The maximum Gasteiger partial charge on any atom is 0.191 e. The maximum absolute atomic E-state index is 5.53. The van der Waals surface area contributed by atoms with Gasteiger partial charge in [-0.25, -0.2) is 0 Å². The summed E-state index contributed by atoms with van der Waals surface area (Å²) in [5.74, 6) is 3.13. The van der Waals surface area contributed by atoms with Gasteiger partial charge in [-0.15, -0.1) is 0 Å². The first-order chi connectivity index (χ1) is 13.1. The highest BCUT2D eigenvalue weighted by molar-refractivity contribution is 7.99. The molecule has 0 heterocycles. The number of ether oxygens (including phenoxy) is 3. The minimum absolute atomic E-state index is 0.505. The van der Waals surface area contributed by atoms with Crippen molar-refractivity contribution in [3.63, 3.8) is 0 Å². The Kier molecular flexibility index (Phi) is 8.91. The molecule has 152 valence electrons. The van der Waals surface area contributed by atoms with Gasteiger partial charge in [0.2, 0.25) is 0 Å². The Morgan fingerprint density at radius 3 is 2.37 bits per heavy atom. The molecule has 0 radical (unpaired) electrons. The van der Waals surface area contributed by atoms with Crippen LogP contribution in [0.5, 0.6) is 17.2 Å². The fourth-order valence-electron chi connectivity index (χ4n) is 3.40. The van der Waals surface area contributed by atoms with Crippen molar-refractivity contribution in [2.24, 2.45) is 4.99 Å². The predicted molar refractivity (Wildman–Crippen MR) is 114 cm³/mol. The monoisotopic (exact) mass is 395 g/mol. The summed E-state index contributed by atoms with van der Waals surface area (Å²) in [5, 5.41) is 7.70. The molecule has 0 saturated heterocycles. The standard InChI is InChI=1S/C20H33N3O3S/c1-6-21-20(23-14-7-8-16(11-14)27-5)22-10-9-17-18(25-3)12-15(24-2)13-19(17)26-4/h12-14,16H,6-11H2,1-5H3,(H2,21,22,23). The van der Waals surface area contributed by atoms with E-state index >= 15 is 0 Å². The Labute approximate surface area is 167 Å². The number of aliphatic imine (C=N–C) groups is 1.